The molecule has 1 saturated carbocycles. The van der Waals surface area contributed by atoms with Gasteiger partial charge in [0.25, 0.3) is 11.5 Å². The number of rotatable bonds is 2. The summed E-state index contributed by atoms with van der Waals surface area (Å²) in [4.78, 5) is 39.5. The first-order valence-corrected chi connectivity index (χ1v) is 9.17. The maximum Gasteiger partial charge on any atom is 0.326 e. The summed E-state index contributed by atoms with van der Waals surface area (Å²) in [5, 5.41) is 11.2. The molecule has 0 bridgehead atoms. The highest BCUT2D eigenvalue weighted by Crippen LogP contribution is 2.46. The lowest BCUT2D eigenvalue weighted by atomic mass is 9.64. The van der Waals surface area contributed by atoms with Crippen molar-refractivity contribution < 1.29 is 9.59 Å². The van der Waals surface area contributed by atoms with Crippen molar-refractivity contribution in [2.75, 3.05) is 0 Å². The standard InChI is InChI=1S/C19H23N5O3/c1-12-8-18(2,3)10-19(9-12)16(26)23(17(27)20-19)11-24-15(25)13-6-4-5-7-14(13)21-22-24/h4-7,12H,8-11H2,1-3H3,(H,20,27)/t12-,19+/m1/s1. The number of nitrogens with one attached hydrogen (secondary N) is 1. The van der Waals surface area contributed by atoms with Gasteiger partial charge in [-0.05, 0) is 42.7 Å². The molecule has 3 amide bonds. The third kappa shape index (κ3) is 2.89. The number of nitrogens with zero attached hydrogens (tertiary/aromatic N) is 4. The molecule has 1 aromatic carbocycles. The molecule has 2 aromatic rings. The van der Waals surface area contributed by atoms with Crippen LogP contribution in [0.5, 0.6) is 0 Å². The first-order valence-electron chi connectivity index (χ1n) is 9.17. The molecule has 8 nitrogen and oxygen atoms in total. The van der Waals surface area contributed by atoms with Gasteiger partial charge in [0.05, 0.1) is 5.39 Å². The minimum atomic E-state index is -0.897. The summed E-state index contributed by atoms with van der Waals surface area (Å²) in [6, 6.07) is 6.38. The number of aromatic nitrogens is 3. The lowest BCUT2D eigenvalue weighted by Gasteiger charge is -2.43. The topological polar surface area (TPSA) is 97.2 Å². The molecule has 2 heterocycles. The summed E-state index contributed by atoms with van der Waals surface area (Å²) in [6.07, 6.45) is 2.20. The molecule has 142 valence electrons. The quantitative estimate of drug-likeness (QED) is 0.815. The average molecular weight is 369 g/mol. The van der Waals surface area contributed by atoms with Crippen LogP contribution in [-0.2, 0) is 11.5 Å². The summed E-state index contributed by atoms with van der Waals surface area (Å²) in [5.74, 6) is 0.0371. The number of carbonyl (C=O) groups is 2. The number of benzene rings is 1. The zero-order chi connectivity index (χ0) is 19.4. The number of carbonyl (C=O) groups excluding carboxylic acids is 2. The highest BCUT2D eigenvalue weighted by Gasteiger charge is 2.56. The van der Waals surface area contributed by atoms with Crippen LogP contribution in [0.25, 0.3) is 10.9 Å². The molecule has 0 radical (unpaired) electrons. The number of hydrogen-bond acceptors (Lipinski definition) is 5. The van der Waals surface area contributed by atoms with Gasteiger partial charge in [0, 0.05) is 0 Å². The first-order chi connectivity index (χ1) is 12.7. The summed E-state index contributed by atoms with van der Waals surface area (Å²) >= 11 is 0. The Balaban J connectivity index is 1.66. The maximum absolute atomic E-state index is 13.2. The third-order valence-corrected chi connectivity index (χ3v) is 5.53. The second-order valence-corrected chi connectivity index (χ2v) is 8.65. The summed E-state index contributed by atoms with van der Waals surface area (Å²) in [7, 11) is 0. The van der Waals surface area contributed by atoms with E-state index in [1.165, 1.54) is 0 Å². The Morgan fingerprint density at radius 3 is 2.67 bits per heavy atom. The van der Waals surface area contributed by atoms with Crippen molar-refractivity contribution in [1.29, 1.82) is 0 Å². The van der Waals surface area contributed by atoms with Crippen molar-refractivity contribution in [1.82, 2.24) is 25.2 Å². The van der Waals surface area contributed by atoms with Gasteiger partial charge in [-0.3, -0.25) is 9.59 Å². The van der Waals surface area contributed by atoms with Gasteiger partial charge in [-0.1, -0.05) is 38.1 Å². The monoisotopic (exact) mass is 369 g/mol. The third-order valence-electron chi connectivity index (χ3n) is 5.53. The SMILES string of the molecule is C[C@@H]1CC(C)(C)C[C@]2(C1)NC(=O)N(Cn1nnc3ccccc3c1=O)C2=O. The predicted octanol–water partition coefficient (Wildman–Crippen LogP) is 1.89. The van der Waals surface area contributed by atoms with Crippen LogP contribution < -0.4 is 10.9 Å². The van der Waals surface area contributed by atoms with Crippen LogP contribution in [0.1, 0.15) is 40.0 Å². The summed E-state index contributed by atoms with van der Waals surface area (Å²) in [5.41, 5.74) is -0.836. The largest absolute Gasteiger partial charge is 0.326 e. The number of fused-ring (bicyclic) bond motifs is 1. The normalized spacial score (nSPS) is 27.4. The van der Waals surface area contributed by atoms with Crippen LogP contribution in [0.15, 0.2) is 29.1 Å². The Labute approximate surface area is 156 Å². The molecule has 1 aliphatic heterocycles. The fraction of sp³-hybridized carbons (Fsp3) is 0.526. The van der Waals surface area contributed by atoms with Crippen LogP contribution in [-0.4, -0.2) is 37.4 Å². The Morgan fingerprint density at radius 2 is 1.93 bits per heavy atom. The van der Waals surface area contributed by atoms with Crippen LogP contribution in [0.3, 0.4) is 0 Å². The summed E-state index contributed by atoms with van der Waals surface area (Å²) in [6.45, 7) is 6.10. The van der Waals surface area contributed by atoms with E-state index in [4.69, 9.17) is 0 Å². The molecule has 0 unspecified atom stereocenters. The lowest BCUT2D eigenvalue weighted by molar-refractivity contribution is -0.136. The Kier molecular flexibility index (Phi) is 3.83. The minimum absolute atomic E-state index is 0.0454. The van der Waals surface area contributed by atoms with Crippen molar-refractivity contribution in [3.63, 3.8) is 0 Å². The molecular formula is C19H23N5O3. The van der Waals surface area contributed by atoms with Crippen molar-refractivity contribution in [2.24, 2.45) is 11.3 Å². The van der Waals surface area contributed by atoms with E-state index < -0.39 is 11.6 Å². The molecule has 2 fully saturated rings. The number of imide groups is 1. The maximum atomic E-state index is 13.2. The van der Waals surface area contributed by atoms with Crippen molar-refractivity contribution in [3.8, 4) is 0 Å². The molecule has 1 N–H and O–H groups in total. The highest BCUT2D eigenvalue weighted by atomic mass is 16.2. The van der Waals surface area contributed by atoms with Gasteiger partial charge in [-0.25, -0.2) is 9.69 Å². The Bertz CT molecular complexity index is 998. The van der Waals surface area contributed by atoms with Crippen LogP contribution in [0, 0.1) is 11.3 Å². The molecule has 1 aliphatic carbocycles. The highest BCUT2D eigenvalue weighted by molar-refractivity contribution is 6.06. The van der Waals surface area contributed by atoms with E-state index >= 15 is 0 Å². The zero-order valence-electron chi connectivity index (χ0n) is 15.7. The van der Waals surface area contributed by atoms with Gasteiger partial charge in [0.1, 0.15) is 17.7 Å². The Morgan fingerprint density at radius 1 is 1.19 bits per heavy atom. The first kappa shape index (κ1) is 17.6. The molecule has 8 heteroatoms. The van der Waals surface area contributed by atoms with Crippen LogP contribution in [0.2, 0.25) is 0 Å². The fourth-order valence-electron chi connectivity index (χ4n) is 4.88. The van der Waals surface area contributed by atoms with Crippen LogP contribution in [0.4, 0.5) is 4.79 Å². The van der Waals surface area contributed by atoms with Gasteiger partial charge in [-0.2, -0.15) is 4.68 Å². The van der Waals surface area contributed by atoms with Gasteiger partial charge in [-0.15, -0.1) is 5.10 Å². The molecule has 1 spiro atoms. The van der Waals surface area contributed by atoms with E-state index in [0.29, 0.717) is 29.7 Å². The zero-order valence-corrected chi connectivity index (χ0v) is 15.7. The summed E-state index contributed by atoms with van der Waals surface area (Å²) < 4.78 is 1.07. The molecule has 4 rings (SSSR count). The van der Waals surface area contributed by atoms with Gasteiger partial charge >= 0.3 is 6.03 Å². The molecule has 2 atom stereocenters. The van der Waals surface area contributed by atoms with Gasteiger partial charge in [0.15, 0.2) is 0 Å². The molecular weight excluding hydrogens is 346 g/mol. The van der Waals surface area contributed by atoms with Crippen molar-refractivity contribution in [3.05, 3.63) is 34.6 Å². The van der Waals surface area contributed by atoms with Gasteiger partial charge < -0.3 is 5.32 Å². The average Bonchev–Trinajstić information content (AvgIpc) is 2.79. The molecule has 2 aliphatic rings. The minimum Gasteiger partial charge on any atom is -0.323 e. The predicted molar refractivity (Wildman–Crippen MR) is 98.7 cm³/mol. The Hall–Kier alpha value is -2.77. The van der Waals surface area contributed by atoms with Gasteiger partial charge in [0.2, 0.25) is 0 Å². The van der Waals surface area contributed by atoms with E-state index in [1.54, 1.807) is 24.3 Å². The number of urea groups is 1. The van der Waals surface area contributed by atoms with E-state index in [1.807, 2.05) is 0 Å². The van der Waals surface area contributed by atoms with E-state index in [9.17, 15) is 14.4 Å². The molecule has 1 saturated heterocycles. The van der Waals surface area contributed by atoms with Crippen molar-refractivity contribution in [2.45, 2.75) is 52.2 Å². The smallest absolute Gasteiger partial charge is 0.323 e. The second kappa shape index (κ2) is 5.87. The number of hydrogen-bond donors (Lipinski definition) is 1. The van der Waals surface area contributed by atoms with E-state index in [2.05, 4.69) is 36.4 Å². The van der Waals surface area contributed by atoms with E-state index in [-0.39, 0.29) is 23.6 Å². The second-order valence-electron chi connectivity index (χ2n) is 8.65. The van der Waals surface area contributed by atoms with Crippen LogP contribution >= 0.6 is 0 Å². The molecule has 27 heavy (non-hydrogen) atoms. The van der Waals surface area contributed by atoms with E-state index in [0.717, 1.165) is 16.0 Å². The van der Waals surface area contributed by atoms with Crippen molar-refractivity contribution >= 4 is 22.8 Å². The lowest BCUT2D eigenvalue weighted by Crippen LogP contribution is -2.54. The fourth-order valence-corrected chi connectivity index (χ4v) is 4.88. The number of amides is 3. The molecule has 1 aromatic heterocycles.